The van der Waals surface area contributed by atoms with E-state index in [2.05, 4.69) is 37.1 Å². The number of benzene rings is 1. The van der Waals surface area contributed by atoms with Crippen LogP contribution in [0, 0.1) is 13.8 Å². The Morgan fingerprint density at radius 3 is 2.79 bits per heavy atom. The van der Waals surface area contributed by atoms with Gasteiger partial charge in [-0.05, 0) is 50.2 Å². The fourth-order valence-electron chi connectivity index (χ4n) is 2.55. The number of hydrogen-bond donors (Lipinski definition) is 1. The van der Waals surface area contributed by atoms with Gasteiger partial charge in [-0.2, -0.15) is 5.10 Å². The average molecular weight is 386 g/mol. The zero-order valence-electron chi connectivity index (χ0n) is 13.3. The second kappa shape index (κ2) is 6.88. The number of carbonyl (C=O) groups excluding carboxylic acids is 1. The van der Waals surface area contributed by atoms with Crippen molar-refractivity contribution in [3.63, 3.8) is 0 Å². The molecule has 0 aliphatic rings. The van der Waals surface area contributed by atoms with Gasteiger partial charge in [0.05, 0.1) is 12.5 Å². The van der Waals surface area contributed by atoms with E-state index in [1.54, 1.807) is 18.3 Å². The van der Waals surface area contributed by atoms with Crippen LogP contribution in [0.4, 0.5) is 0 Å². The first-order valence-electron chi connectivity index (χ1n) is 7.38. The third kappa shape index (κ3) is 3.33. The van der Waals surface area contributed by atoms with Gasteiger partial charge in [-0.1, -0.05) is 22.0 Å². The molecule has 0 atom stereocenters. The third-order valence-corrected chi connectivity index (χ3v) is 4.14. The number of carbonyl (C=O) groups is 1. The van der Waals surface area contributed by atoms with Gasteiger partial charge in [-0.25, -0.2) is 5.43 Å². The van der Waals surface area contributed by atoms with E-state index < -0.39 is 0 Å². The van der Waals surface area contributed by atoms with E-state index in [9.17, 15) is 4.79 Å². The summed E-state index contributed by atoms with van der Waals surface area (Å²) in [4.78, 5) is 11.8. The molecule has 122 valence electrons. The maximum absolute atomic E-state index is 11.8. The van der Waals surface area contributed by atoms with Crippen molar-refractivity contribution in [2.75, 3.05) is 0 Å². The van der Waals surface area contributed by atoms with Crippen molar-refractivity contribution in [2.24, 2.45) is 5.10 Å². The Morgan fingerprint density at radius 1 is 1.25 bits per heavy atom. The fourth-order valence-corrected chi connectivity index (χ4v) is 2.94. The van der Waals surface area contributed by atoms with E-state index in [1.807, 2.05) is 38.1 Å². The molecule has 0 bridgehead atoms. The maximum Gasteiger partial charge on any atom is 0.307 e. The topological polar surface area (TPSA) is 59.5 Å². The molecule has 0 aliphatic heterocycles. The van der Waals surface area contributed by atoms with E-state index in [1.165, 1.54) is 6.26 Å². The first-order valence-corrected chi connectivity index (χ1v) is 8.17. The van der Waals surface area contributed by atoms with Crippen molar-refractivity contribution >= 4 is 28.1 Å². The monoisotopic (exact) mass is 385 g/mol. The Morgan fingerprint density at radius 2 is 2.08 bits per heavy atom. The second-order valence-electron chi connectivity index (χ2n) is 5.32. The third-order valence-electron chi connectivity index (χ3n) is 3.65. The average Bonchev–Trinajstić information content (AvgIpc) is 3.16. The Balaban J connectivity index is 1.81. The van der Waals surface area contributed by atoms with Crippen LogP contribution in [0.5, 0.6) is 0 Å². The van der Waals surface area contributed by atoms with Gasteiger partial charge in [-0.3, -0.25) is 4.79 Å². The molecular weight excluding hydrogens is 370 g/mol. The maximum atomic E-state index is 11.8. The SMILES string of the molecule is Cc1cc(/C=N\NC(=O)c2ccco2)c(C)n1-c1cccc(Br)c1. The molecule has 2 aromatic heterocycles. The van der Waals surface area contributed by atoms with Crippen LogP contribution >= 0.6 is 15.9 Å². The number of hydrogen-bond acceptors (Lipinski definition) is 3. The van der Waals surface area contributed by atoms with Crippen LogP contribution in [0.3, 0.4) is 0 Å². The number of nitrogens with one attached hydrogen (secondary N) is 1. The number of rotatable bonds is 4. The highest BCUT2D eigenvalue weighted by Crippen LogP contribution is 2.22. The van der Waals surface area contributed by atoms with Crippen molar-refractivity contribution in [2.45, 2.75) is 13.8 Å². The van der Waals surface area contributed by atoms with Gasteiger partial charge in [0.2, 0.25) is 0 Å². The number of aryl methyl sites for hydroxylation is 1. The largest absolute Gasteiger partial charge is 0.459 e. The number of aromatic nitrogens is 1. The summed E-state index contributed by atoms with van der Waals surface area (Å²) in [6, 6.07) is 13.4. The molecule has 0 unspecified atom stereocenters. The van der Waals surface area contributed by atoms with Gasteiger partial charge in [0, 0.05) is 27.1 Å². The second-order valence-corrected chi connectivity index (χ2v) is 6.23. The van der Waals surface area contributed by atoms with Gasteiger partial charge in [0.25, 0.3) is 0 Å². The predicted molar refractivity (Wildman–Crippen MR) is 96.7 cm³/mol. The highest BCUT2D eigenvalue weighted by Gasteiger charge is 2.10. The number of halogens is 1. The van der Waals surface area contributed by atoms with Crippen LogP contribution in [0.1, 0.15) is 27.5 Å². The van der Waals surface area contributed by atoms with Crippen molar-refractivity contribution in [1.82, 2.24) is 9.99 Å². The van der Waals surface area contributed by atoms with Gasteiger partial charge < -0.3 is 8.98 Å². The summed E-state index contributed by atoms with van der Waals surface area (Å²) in [5, 5.41) is 4.02. The van der Waals surface area contributed by atoms with Crippen LogP contribution in [0.2, 0.25) is 0 Å². The van der Waals surface area contributed by atoms with E-state index in [0.29, 0.717) is 0 Å². The van der Waals surface area contributed by atoms with E-state index >= 15 is 0 Å². The van der Waals surface area contributed by atoms with Crippen LogP contribution in [-0.2, 0) is 0 Å². The Bertz CT molecular complexity index is 895. The molecule has 2 heterocycles. The minimum absolute atomic E-state index is 0.228. The summed E-state index contributed by atoms with van der Waals surface area (Å²) >= 11 is 3.50. The zero-order valence-corrected chi connectivity index (χ0v) is 14.9. The smallest absolute Gasteiger partial charge is 0.307 e. The Kier molecular flexibility index (Phi) is 4.66. The van der Waals surface area contributed by atoms with Crippen LogP contribution in [-0.4, -0.2) is 16.7 Å². The molecule has 3 aromatic rings. The normalized spacial score (nSPS) is 11.1. The fraction of sp³-hybridized carbons (Fsp3) is 0.111. The quantitative estimate of drug-likeness (QED) is 0.539. The van der Waals surface area contributed by atoms with E-state index in [0.717, 1.165) is 27.1 Å². The van der Waals surface area contributed by atoms with E-state index in [-0.39, 0.29) is 11.7 Å². The molecule has 0 saturated heterocycles. The summed E-state index contributed by atoms with van der Waals surface area (Å²) in [7, 11) is 0. The van der Waals surface area contributed by atoms with Crippen LogP contribution in [0.25, 0.3) is 5.69 Å². The summed E-state index contributed by atoms with van der Waals surface area (Å²) in [5.74, 6) is -0.149. The molecule has 1 aromatic carbocycles. The van der Waals surface area contributed by atoms with Crippen LogP contribution in [0.15, 0.2) is 62.7 Å². The first kappa shape index (κ1) is 16.3. The van der Waals surface area contributed by atoms with E-state index in [4.69, 9.17) is 4.42 Å². The molecule has 0 radical (unpaired) electrons. The minimum Gasteiger partial charge on any atom is -0.459 e. The molecule has 0 spiro atoms. The highest BCUT2D eigenvalue weighted by molar-refractivity contribution is 9.10. The molecule has 6 heteroatoms. The Labute approximate surface area is 148 Å². The lowest BCUT2D eigenvalue weighted by atomic mass is 10.2. The number of furan rings is 1. The molecule has 5 nitrogen and oxygen atoms in total. The summed E-state index contributed by atoms with van der Waals surface area (Å²) in [6.45, 7) is 4.05. The molecule has 0 aliphatic carbocycles. The lowest BCUT2D eigenvalue weighted by Crippen LogP contribution is -2.16. The molecular formula is C18H16BrN3O2. The lowest BCUT2D eigenvalue weighted by Gasteiger charge is -2.09. The number of nitrogens with zero attached hydrogens (tertiary/aromatic N) is 2. The van der Waals surface area contributed by atoms with Crippen molar-refractivity contribution in [3.05, 3.63) is 75.9 Å². The first-order chi connectivity index (χ1) is 11.6. The molecule has 24 heavy (non-hydrogen) atoms. The van der Waals surface area contributed by atoms with Crippen molar-refractivity contribution in [1.29, 1.82) is 0 Å². The number of amides is 1. The summed E-state index contributed by atoms with van der Waals surface area (Å²) in [5.41, 5.74) is 6.59. The molecule has 0 saturated carbocycles. The standard InChI is InChI=1S/C18H16BrN3O2/c1-12-9-14(11-20-21-18(23)17-7-4-8-24-17)13(2)22(12)16-6-3-5-15(19)10-16/h3-11H,1-2H3,(H,21,23)/b20-11-. The number of hydrazone groups is 1. The van der Waals surface area contributed by atoms with Crippen molar-refractivity contribution < 1.29 is 9.21 Å². The highest BCUT2D eigenvalue weighted by atomic mass is 79.9. The lowest BCUT2D eigenvalue weighted by molar-refractivity contribution is 0.0927. The van der Waals surface area contributed by atoms with Gasteiger partial charge in [0.15, 0.2) is 5.76 Å². The van der Waals surface area contributed by atoms with Crippen molar-refractivity contribution in [3.8, 4) is 5.69 Å². The molecule has 3 rings (SSSR count). The molecule has 1 N–H and O–H groups in total. The molecule has 0 fully saturated rings. The molecule has 1 amide bonds. The van der Waals surface area contributed by atoms with Gasteiger partial charge >= 0.3 is 5.91 Å². The Hall–Kier alpha value is -2.60. The van der Waals surface area contributed by atoms with Gasteiger partial charge in [-0.15, -0.1) is 0 Å². The van der Waals surface area contributed by atoms with Gasteiger partial charge in [0.1, 0.15) is 0 Å². The van der Waals surface area contributed by atoms with Crippen LogP contribution < -0.4 is 5.43 Å². The zero-order chi connectivity index (χ0) is 17.1. The predicted octanol–water partition coefficient (Wildman–Crippen LogP) is 4.21. The summed E-state index contributed by atoms with van der Waals surface area (Å²) < 4.78 is 8.18. The minimum atomic E-state index is -0.378. The summed E-state index contributed by atoms with van der Waals surface area (Å²) in [6.07, 6.45) is 3.09.